The molecule has 0 fully saturated rings. The normalized spacial score (nSPS) is 10.9. The minimum atomic E-state index is -0.473. The molecule has 34 heavy (non-hydrogen) atoms. The van der Waals surface area contributed by atoms with Gasteiger partial charge in [-0.2, -0.15) is 5.10 Å². The molecule has 2 aromatic heterocycles. The number of benzene rings is 3. The first-order valence-electron chi connectivity index (χ1n) is 10.7. The van der Waals surface area contributed by atoms with E-state index in [1.54, 1.807) is 50.9 Å². The lowest BCUT2D eigenvalue weighted by Gasteiger charge is -2.14. The van der Waals surface area contributed by atoms with Crippen molar-refractivity contribution in [3.05, 3.63) is 96.7 Å². The van der Waals surface area contributed by atoms with Gasteiger partial charge in [-0.1, -0.05) is 42.5 Å². The first-order chi connectivity index (χ1) is 16.7. The summed E-state index contributed by atoms with van der Waals surface area (Å²) in [5.74, 6) is 1.18. The monoisotopic (exact) mass is 455 g/mol. The Kier molecular flexibility index (Phi) is 5.82. The molecule has 0 saturated carbocycles. The van der Waals surface area contributed by atoms with Crippen LogP contribution in [0.4, 0.5) is 4.39 Å². The van der Waals surface area contributed by atoms with Gasteiger partial charge in [-0.3, -0.25) is 9.67 Å². The molecular weight excluding hydrogens is 433 g/mol. The zero-order valence-electron chi connectivity index (χ0n) is 18.7. The first kappa shape index (κ1) is 21.5. The lowest BCUT2D eigenvalue weighted by Crippen LogP contribution is -1.99. The predicted octanol–water partition coefficient (Wildman–Crippen LogP) is 6.10. The molecule has 0 atom stereocenters. The number of hydrogen-bond acceptors (Lipinski definition) is 5. The number of nitrogens with zero attached hydrogens (tertiary/aromatic N) is 3. The van der Waals surface area contributed by atoms with E-state index in [4.69, 9.17) is 14.2 Å². The number of ether oxygens (including phenoxy) is 3. The van der Waals surface area contributed by atoms with Crippen molar-refractivity contribution in [2.75, 3.05) is 14.2 Å². The molecule has 0 aliphatic carbocycles. The molecule has 0 unspecified atom stereocenters. The maximum atomic E-state index is 15.0. The minimum Gasteiger partial charge on any atom is -0.493 e. The number of rotatable bonds is 7. The average Bonchev–Trinajstić information content (AvgIpc) is 3.33. The van der Waals surface area contributed by atoms with Crippen molar-refractivity contribution in [3.8, 4) is 34.1 Å². The predicted molar refractivity (Wildman–Crippen MR) is 128 cm³/mol. The smallest absolute Gasteiger partial charge is 0.171 e. The van der Waals surface area contributed by atoms with Gasteiger partial charge in [-0.25, -0.2) is 4.39 Å². The Morgan fingerprint density at radius 2 is 1.68 bits per heavy atom. The number of halogens is 1. The molecule has 6 nitrogen and oxygen atoms in total. The molecule has 3 aromatic carbocycles. The van der Waals surface area contributed by atoms with Crippen LogP contribution < -0.4 is 14.2 Å². The zero-order chi connectivity index (χ0) is 23.5. The van der Waals surface area contributed by atoms with Crippen LogP contribution in [0.15, 0.2) is 85.3 Å². The van der Waals surface area contributed by atoms with Crippen LogP contribution in [-0.4, -0.2) is 29.0 Å². The fourth-order valence-corrected chi connectivity index (χ4v) is 3.85. The van der Waals surface area contributed by atoms with Gasteiger partial charge in [0.05, 0.1) is 32.5 Å². The van der Waals surface area contributed by atoms with Crippen molar-refractivity contribution < 1.29 is 18.6 Å². The van der Waals surface area contributed by atoms with Crippen LogP contribution in [0.5, 0.6) is 23.0 Å². The van der Waals surface area contributed by atoms with Crippen molar-refractivity contribution in [2.45, 2.75) is 6.54 Å². The van der Waals surface area contributed by atoms with E-state index < -0.39 is 5.82 Å². The van der Waals surface area contributed by atoms with Gasteiger partial charge in [0, 0.05) is 35.0 Å². The highest BCUT2D eigenvalue weighted by Crippen LogP contribution is 2.40. The molecule has 170 valence electrons. The summed E-state index contributed by atoms with van der Waals surface area (Å²) in [7, 11) is 3.12. The molecule has 0 aliphatic heterocycles. The van der Waals surface area contributed by atoms with Gasteiger partial charge in [0.2, 0.25) is 0 Å². The highest BCUT2D eigenvalue weighted by molar-refractivity contribution is 5.88. The molecular formula is C27H22FN3O3. The van der Waals surface area contributed by atoms with E-state index in [-0.39, 0.29) is 5.75 Å². The van der Waals surface area contributed by atoms with E-state index in [2.05, 4.69) is 10.1 Å². The zero-order valence-corrected chi connectivity index (χ0v) is 18.7. The fraction of sp³-hybridized carbons (Fsp3) is 0.111. The molecule has 5 aromatic rings. The molecule has 0 bridgehead atoms. The van der Waals surface area contributed by atoms with Crippen LogP contribution in [-0.2, 0) is 6.54 Å². The Morgan fingerprint density at radius 3 is 2.47 bits per heavy atom. The summed E-state index contributed by atoms with van der Waals surface area (Å²) in [6.45, 7) is 0.614. The van der Waals surface area contributed by atoms with Gasteiger partial charge in [-0.05, 0) is 23.8 Å². The SMILES string of the molecule is COc1cc2nccc(Oc3c(F)cccc3-c3cnn(Cc4ccccc4)c3)c2cc1OC. The summed E-state index contributed by atoms with van der Waals surface area (Å²) < 4.78 is 33.8. The maximum absolute atomic E-state index is 15.0. The third kappa shape index (κ3) is 4.15. The third-order valence-electron chi connectivity index (χ3n) is 5.52. The Hall–Kier alpha value is -4.39. The number of aromatic nitrogens is 3. The second-order valence-electron chi connectivity index (χ2n) is 7.66. The van der Waals surface area contributed by atoms with Crippen LogP contribution >= 0.6 is 0 Å². The molecule has 2 heterocycles. The molecule has 0 amide bonds. The standard InChI is InChI=1S/C27H22FN3O3/c1-32-25-13-21-23(14-26(25)33-2)29-12-11-24(21)34-27-20(9-6-10-22(27)28)19-15-30-31(17-19)16-18-7-4-3-5-8-18/h3-15,17H,16H2,1-2H3. The van der Waals surface area contributed by atoms with Crippen LogP contribution in [0.1, 0.15) is 5.56 Å². The molecule has 0 spiro atoms. The van der Waals surface area contributed by atoms with Crippen molar-refractivity contribution in [2.24, 2.45) is 0 Å². The molecule has 0 saturated heterocycles. The summed E-state index contributed by atoms with van der Waals surface area (Å²) in [4.78, 5) is 4.39. The van der Waals surface area contributed by atoms with Crippen LogP contribution in [0.25, 0.3) is 22.0 Å². The summed E-state index contributed by atoms with van der Waals surface area (Å²) in [6, 6.07) is 20.1. The van der Waals surface area contributed by atoms with Gasteiger partial charge in [0.25, 0.3) is 0 Å². The van der Waals surface area contributed by atoms with Crippen molar-refractivity contribution in [1.82, 2.24) is 14.8 Å². The summed E-state index contributed by atoms with van der Waals surface area (Å²) >= 11 is 0. The van der Waals surface area contributed by atoms with Crippen LogP contribution in [0.3, 0.4) is 0 Å². The molecule has 0 aliphatic rings. The fourth-order valence-electron chi connectivity index (χ4n) is 3.85. The molecule has 7 heteroatoms. The first-order valence-corrected chi connectivity index (χ1v) is 10.7. The van der Waals surface area contributed by atoms with E-state index >= 15 is 4.39 Å². The van der Waals surface area contributed by atoms with E-state index in [0.717, 1.165) is 11.1 Å². The number of methoxy groups -OCH3 is 2. The molecule has 5 rings (SSSR count). The van der Waals surface area contributed by atoms with Gasteiger partial charge in [-0.15, -0.1) is 0 Å². The maximum Gasteiger partial charge on any atom is 0.171 e. The van der Waals surface area contributed by atoms with E-state index in [0.29, 0.717) is 40.3 Å². The number of pyridine rings is 1. The Morgan fingerprint density at radius 1 is 0.882 bits per heavy atom. The minimum absolute atomic E-state index is 0.115. The number of hydrogen-bond donors (Lipinski definition) is 0. The summed E-state index contributed by atoms with van der Waals surface area (Å²) in [5.41, 5.74) is 3.12. The quantitative estimate of drug-likeness (QED) is 0.297. The number of fused-ring (bicyclic) bond motifs is 1. The second-order valence-corrected chi connectivity index (χ2v) is 7.66. The lowest BCUT2D eigenvalue weighted by atomic mass is 10.1. The van der Waals surface area contributed by atoms with Crippen molar-refractivity contribution in [1.29, 1.82) is 0 Å². The topological polar surface area (TPSA) is 58.4 Å². The second kappa shape index (κ2) is 9.23. The van der Waals surface area contributed by atoms with Gasteiger partial charge < -0.3 is 14.2 Å². The molecule has 0 radical (unpaired) electrons. The largest absolute Gasteiger partial charge is 0.493 e. The third-order valence-corrected chi connectivity index (χ3v) is 5.52. The molecule has 0 N–H and O–H groups in total. The van der Waals surface area contributed by atoms with Crippen molar-refractivity contribution in [3.63, 3.8) is 0 Å². The lowest BCUT2D eigenvalue weighted by molar-refractivity contribution is 0.355. The Balaban J connectivity index is 1.53. The highest BCUT2D eigenvalue weighted by Gasteiger charge is 2.17. The van der Waals surface area contributed by atoms with Gasteiger partial charge >= 0.3 is 0 Å². The van der Waals surface area contributed by atoms with Crippen molar-refractivity contribution >= 4 is 10.9 Å². The Labute approximate surface area is 196 Å². The van der Waals surface area contributed by atoms with Gasteiger partial charge in [0.1, 0.15) is 5.75 Å². The van der Waals surface area contributed by atoms with Crippen LogP contribution in [0.2, 0.25) is 0 Å². The Bertz CT molecular complexity index is 1450. The number of para-hydroxylation sites is 1. The van der Waals surface area contributed by atoms with Gasteiger partial charge in [0.15, 0.2) is 23.1 Å². The summed E-state index contributed by atoms with van der Waals surface area (Å²) in [5, 5.41) is 5.13. The highest BCUT2D eigenvalue weighted by atomic mass is 19.1. The average molecular weight is 455 g/mol. The summed E-state index contributed by atoms with van der Waals surface area (Å²) in [6.07, 6.45) is 5.21. The van der Waals surface area contributed by atoms with Crippen LogP contribution in [0, 0.1) is 5.82 Å². The van der Waals surface area contributed by atoms with E-state index in [1.807, 2.05) is 47.3 Å². The van der Waals surface area contributed by atoms with E-state index in [9.17, 15) is 0 Å². The van der Waals surface area contributed by atoms with E-state index in [1.165, 1.54) is 6.07 Å².